The molecule has 6 heteroatoms. The van der Waals surface area contributed by atoms with Gasteiger partial charge in [-0.25, -0.2) is 18.4 Å². The Labute approximate surface area is 241 Å². The van der Waals surface area contributed by atoms with Gasteiger partial charge in [-0.15, -0.1) is 0 Å². The molecule has 0 heterocycles. The number of ether oxygens (including phenoxy) is 2. The van der Waals surface area contributed by atoms with E-state index in [2.05, 4.69) is 24.3 Å². The summed E-state index contributed by atoms with van der Waals surface area (Å²) in [5, 5.41) is 0. The minimum Gasteiger partial charge on any atom is -0.460 e. The zero-order valence-corrected chi connectivity index (χ0v) is 25.2. The van der Waals surface area contributed by atoms with E-state index in [9.17, 15) is 18.4 Å². The van der Waals surface area contributed by atoms with Crippen LogP contribution in [0.25, 0.3) is 0 Å². The van der Waals surface area contributed by atoms with Gasteiger partial charge in [0.15, 0.2) is 12.3 Å². The maximum Gasteiger partial charge on any atom is 0.341 e. The summed E-state index contributed by atoms with van der Waals surface area (Å²) in [4.78, 5) is 24.1. The summed E-state index contributed by atoms with van der Waals surface area (Å²) in [5.41, 5.74) is 2.72. The van der Waals surface area contributed by atoms with Crippen LogP contribution in [0.5, 0.6) is 0 Å². The third-order valence-electron chi connectivity index (χ3n) is 9.60. The van der Waals surface area contributed by atoms with E-state index < -0.39 is 24.3 Å². The molecule has 0 unspecified atom stereocenters. The van der Waals surface area contributed by atoms with Gasteiger partial charge in [0.05, 0.1) is 0 Å². The molecule has 0 amide bonds. The lowest BCUT2D eigenvalue weighted by Crippen LogP contribution is -2.31. The molecule has 0 N–H and O–H groups in total. The lowest BCUT2D eigenvalue weighted by atomic mass is 9.83. The second-order valence-electron chi connectivity index (χ2n) is 12.6. The lowest BCUT2D eigenvalue weighted by molar-refractivity contribution is -0.160. The predicted octanol–water partition coefficient (Wildman–Crippen LogP) is 8.52. The fourth-order valence-electron chi connectivity index (χ4n) is 6.03. The molecule has 2 aliphatic carbocycles. The summed E-state index contributed by atoms with van der Waals surface area (Å²) in [6.07, 6.45) is 9.81. The lowest BCUT2D eigenvalue weighted by Gasteiger charge is -2.29. The topological polar surface area (TPSA) is 52.6 Å². The second-order valence-corrected chi connectivity index (χ2v) is 12.6. The summed E-state index contributed by atoms with van der Waals surface area (Å²) >= 11 is 0. The molecule has 1 aromatic carbocycles. The Morgan fingerprint density at radius 3 is 1.30 bits per heavy atom. The molecule has 0 spiro atoms. The number of benzene rings is 1. The molecule has 2 aliphatic rings. The first-order valence-corrected chi connectivity index (χ1v) is 16.0. The summed E-state index contributed by atoms with van der Waals surface area (Å²) < 4.78 is 39.1. The van der Waals surface area contributed by atoms with E-state index in [-0.39, 0.29) is 24.0 Å². The molecular weight excluding hydrogens is 510 g/mol. The Kier molecular flexibility index (Phi) is 13.4. The van der Waals surface area contributed by atoms with Gasteiger partial charge >= 0.3 is 11.9 Å². The number of esters is 2. The highest BCUT2D eigenvalue weighted by atomic mass is 19.1. The van der Waals surface area contributed by atoms with Crippen LogP contribution in [0.4, 0.5) is 8.78 Å². The molecule has 0 aromatic heterocycles. The normalized spacial score (nSPS) is 26.4. The van der Waals surface area contributed by atoms with Crippen molar-refractivity contribution in [1.82, 2.24) is 0 Å². The van der Waals surface area contributed by atoms with Crippen molar-refractivity contribution >= 4 is 11.9 Å². The second kappa shape index (κ2) is 16.5. The van der Waals surface area contributed by atoms with Gasteiger partial charge in [0, 0.05) is 0 Å². The summed E-state index contributed by atoms with van der Waals surface area (Å²) in [5.74, 6) is -0.684. The van der Waals surface area contributed by atoms with Crippen LogP contribution in [0.2, 0.25) is 0 Å². The zero-order valence-electron chi connectivity index (χ0n) is 25.2. The third kappa shape index (κ3) is 10.1. The predicted molar refractivity (Wildman–Crippen MR) is 155 cm³/mol. The quantitative estimate of drug-likeness (QED) is 0.213. The van der Waals surface area contributed by atoms with Gasteiger partial charge in [0.1, 0.15) is 12.2 Å². The van der Waals surface area contributed by atoms with Crippen molar-refractivity contribution < 1.29 is 27.8 Å². The highest BCUT2D eigenvalue weighted by molar-refractivity contribution is 5.75. The molecule has 0 bridgehead atoms. The van der Waals surface area contributed by atoms with E-state index in [1.807, 2.05) is 13.8 Å². The van der Waals surface area contributed by atoms with E-state index in [1.54, 1.807) is 13.8 Å². The maximum atomic E-state index is 14.1. The Balaban J connectivity index is 1.29. The van der Waals surface area contributed by atoms with Gasteiger partial charge in [0.25, 0.3) is 0 Å². The van der Waals surface area contributed by atoms with Crippen LogP contribution >= 0.6 is 0 Å². The molecule has 226 valence electrons. The molecule has 4 atom stereocenters. The molecule has 0 aliphatic heterocycles. The van der Waals surface area contributed by atoms with Gasteiger partial charge in [-0.1, -0.05) is 64.8 Å². The van der Waals surface area contributed by atoms with Gasteiger partial charge in [-0.05, 0) is 112 Å². The van der Waals surface area contributed by atoms with Crippen LogP contribution in [0.15, 0.2) is 24.3 Å². The first kappa shape index (κ1) is 32.5. The first-order chi connectivity index (χ1) is 19.2. The number of hydrogen-bond donors (Lipinski definition) is 0. The number of halogens is 2. The molecule has 2 saturated carbocycles. The average Bonchev–Trinajstić information content (AvgIpc) is 2.99. The van der Waals surface area contributed by atoms with Crippen molar-refractivity contribution in [2.75, 3.05) is 0 Å². The van der Waals surface area contributed by atoms with E-state index in [1.165, 1.54) is 11.1 Å². The third-order valence-corrected chi connectivity index (χ3v) is 9.60. The number of hydrogen-bond acceptors (Lipinski definition) is 4. The molecule has 40 heavy (non-hydrogen) atoms. The van der Waals surface area contributed by atoms with Crippen molar-refractivity contribution in [2.24, 2.45) is 23.7 Å². The molecule has 1 aromatic rings. The number of carbonyl (C=O) groups excluding carboxylic acids is 2. The van der Waals surface area contributed by atoms with Crippen LogP contribution in [0, 0.1) is 23.7 Å². The first-order valence-electron chi connectivity index (χ1n) is 16.0. The number of rotatable bonds is 14. The summed E-state index contributed by atoms with van der Waals surface area (Å²) in [6, 6.07) is 9.00. The fraction of sp³-hybridized carbons (Fsp3) is 0.765. The van der Waals surface area contributed by atoms with Gasteiger partial charge < -0.3 is 9.47 Å². The zero-order chi connectivity index (χ0) is 29.1. The molecular formula is C34H52F2O4. The van der Waals surface area contributed by atoms with Crippen LogP contribution in [0.1, 0.15) is 116 Å². The average molecular weight is 563 g/mol. The van der Waals surface area contributed by atoms with E-state index >= 15 is 0 Å². The van der Waals surface area contributed by atoms with Crippen LogP contribution in [-0.4, -0.2) is 36.5 Å². The smallest absolute Gasteiger partial charge is 0.341 e. The maximum absolute atomic E-state index is 14.1. The van der Waals surface area contributed by atoms with Crippen molar-refractivity contribution in [1.29, 1.82) is 0 Å². The highest BCUT2D eigenvalue weighted by Gasteiger charge is 2.31. The Hall–Kier alpha value is -1.98. The van der Waals surface area contributed by atoms with Gasteiger partial charge in [0.2, 0.25) is 0 Å². The van der Waals surface area contributed by atoms with Gasteiger partial charge in [-0.3, -0.25) is 0 Å². The summed E-state index contributed by atoms with van der Waals surface area (Å²) in [7, 11) is 0. The van der Waals surface area contributed by atoms with Crippen molar-refractivity contribution in [3.05, 3.63) is 35.4 Å². The van der Waals surface area contributed by atoms with Crippen molar-refractivity contribution in [2.45, 2.75) is 142 Å². The molecule has 4 nitrogen and oxygen atoms in total. The fourth-order valence-corrected chi connectivity index (χ4v) is 6.03. The SMILES string of the molecule is CC[C@H](C)[C@H](F)C(=O)O[C@H]1CC[C@H](CCc2ccc(CC[C@H]3CC[C@H](OC(=O)[C@@H](F)[C@@H](C)CC)CC3)cc2)CC1. The molecule has 0 saturated heterocycles. The van der Waals surface area contributed by atoms with Crippen molar-refractivity contribution in [3.63, 3.8) is 0 Å². The van der Waals surface area contributed by atoms with E-state index in [4.69, 9.17) is 9.47 Å². The Morgan fingerprint density at radius 1 is 0.675 bits per heavy atom. The largest absolute Gasteiger partial charge is 0.460 e. The minimum atomic E-state index is -1.51. The Morgan fingerprint density at radius 2 is 1.00 bits per heavy atom. The van der Waals surface area contributed by atoms with E-state index in [0.717, 1.165) is 77.0 Å². The molecule has 0 radical (unpaired) electrons. The van der Waals surface area contributed by atoms with Gasteiger partial charge in [-0.2, -0.15) is 0 Å². The van der Waals surface area contributed by atoms with Crippen LogP contribution < -0.4 is 0 Å². The Bertz CT molecular complexity index is 815. The van der Waals surface area contributed by atoms with Crippen LogP contribution in [0.3, 0.4) is 0 Å². The standard InChI is InChI=1S/C34H52F2O4/c1-5-23(3)31(35)33(37)39-29-19-15-27(16-20-29)13-11-25-7-9-26(10-8-25)12-14-28-17-21-30(22-18-28)40-34(38)32(36)24(4)6-2/h7-10,23-24,27-32H,5-6,11-22H2,1-4H3/t23-,24-,27-,28-,29-,30-,31-,32-/m0/s1. The van der Waals surface area contributed by atoms with E-state index in [0.29, 0.717) is 24.7 Å². The molecule has 3 rings (SSSR count). The summed E-state index contributed by atoms with van der Waals surface area (Å²) in [6.45, 7) is 7.28. The number of carbonyl (C=O) groups is 2. The number of aryl methyl sites for hydroxylation is 2. The van der Waals surface area contributed by atoms with Crippen LogP contribution in [-0.2, 0) is 31.9 Å². The monoisotopic (exact) mass is 562 g/mol. The molecule has 2 fully saturated rings. The van der Waals surface area contributed by atoms with Crippen molar-refractivity contribution in [3.8, 4) is 0 Å². The number of alkyl halides is 2. The minimum absolute atomic E-state index is 0.132. The highest BCUT2D eigenvalue weighted by Crippen LogP contribution is 2.32.